The third-order valence-electron chi connectivity index (χ3n) is 5.83. The fraction of sp³-hybridized carbons (Fsp3) is 0.308. The minimum absolute atomic E-state index is 0.953. The van der Waals surface area contributed by atoms with Gasteiger partial charge in [-0.3, -0.25) is 0 Å². The van der Waals surface area contributed by atoms with Crippen molar-refractivity contribution in [2.24, 2.45) is 14.1 Å². The van der Waals surface area contributed by atoms with E-state index in [1.807, 2.05) is 0 Å². The number of nitrogens with zero attached hydrogens (tertiary/aromatic N) is 4. The second kappa shape index (κ2) is 9.57. The Morgan fingerprint density at radius 1 is 0.700 bits per heavy atom. The highest BCUT2D eigenvalue weighted by molar-refractivity contribution is 5.26. The van der Waals surface area contributed by atoms with Crippen LogP contribution in [0.5, 0.6) is 0 Å². The first-order chi connectivity index (χ1) is 14.3. The summed E-state index contributed by atoms with van der Waals surface area (Å²) in [6.45, 7) is 10.5. The molecule has 30 heavy (non-hydrogen) atoms. The lowest BCUT2D eigenvalue weighted by atomic mass is 10.1. The smallest absolute Gasteiger partial charge is 0.237 e. The number of rotatable bonds is 4. The van der Waals surface area contributed by atoms with Crippen LogP contribution in [0.2, 0.25) is 0 Å². The van der Waals surface area contributed by atoms with Gasteiger partial charge < -0.3 is 0 Å². The summed E-state index contributed by atoms with van der Waals surface area (Å²) in [4.78, 5) is 0. The molecule has 0 amide bonds. The molecular weight excluding hydrogens is 368 g/mol. The second-order valence-electron chi connectivity index (χ2n) is 8.08. The molecule has 0 atom stereocenters. The molecule has 0 saturated heterocycles. The molecule has 0 N–H and O–H groups in total. The first-order valence-corrected chi connectivity index (χ1v) is 10.5. The van der Waals surface area contributed by atoms with Gasteiger partial charge in [0.15, 0.2) is 0 Å². The monoisotopic (exact) mass is 402 g/mol. The third-order valence-corrected chi connectivity index (χ3v) is 5.83. The zero-order chi connectivity index (χ0) is 21.7. The van der Waals surface area contributed by atoms with E-state index in [2.05, 4.69) is 133 Å². The van der Waals surface area contributed by atoms with Crippen molar-refractivity contribution in [2.75, 3.05) is 0 Å². The summed E-state index contributed by atoms with van der Waals surface area (Å²) in [7, 11) is 4.14. The Hall–Kier alpha value is -3.14. The zero-order valence-electron chi connectivity index (χ0n) is 19.1. The number of benzene rings is 2. The molecule has 0 spiro atoms. The highest BCUT2D eigenvalue weighted by Crippen LogP contribution is 2.09. The minimum atomic E-state index is 0.953. The van der Waals surface area contributed by atoms with E-state index < -0.39 is 0 Å². The molecule has 0 aliphatic rings. The number of hydrogen-bond donors (Lipinski definition) is 0. The molecule has 2 heterocycles. The number of hydrogen-bond acceptors (Lipinski definition) is 0. The summed E-state index contributed by atoms with van der Waals surface area (Å²) in [5.74, 6) is 2.55. The van der Waals surface area contributed by atoms with Crippen molar-refractivity contribution in [2.45, 2.75) is 40.8 Å². The molecule has 4 rings (SSSR count). The van der Waals surface area contributed by atoms with Gasteiger partial charge in [0.05, 0.1) is 14.1 Å². The molecule has 0 aliphatic heterocycles. The van der Waals surface area contributed by atoms with E-state index in [-0.39, 0.29) is 0 Å². The van der Waals surface area contributed by atoms with Gasteiger partial charge in [0.25, 0.3) is 11.6 Å². The molecular formula is C26H34N4+2. The van der Waals surface area contributed by atoms with Gasteiger partial charge >= 0.3 is 0 Å². The molecule has 4 heteroatoms. The maximum Gasteiger partial charge on any atom is 0.253 e. The fourth-order valence-corrected chi connectivity index (χ4v) is 3.51. The van der Waals surface area contributed by atoms with Crippen LogP contribution in [0.4, 0.5) is 0 Å². The van der Waals surface area contributed by atoms with Crippen LogP contribution in [0.25, 0.3) is 0 Å². The Bertz CT molecular complexity index is 1120. The van der Waals surface area contributed by atoms with Crippen LogP contribution in [-0.4, -0.2) is 9.13 Å². The fourth-order valence-electron chi connectivity index (χ4n) is 3.51. The van der Waals surface area contributed by atoms with Gasteiger partial charge in [-0.25, -0.2) is 18.3 Å². The van der Waals surface area contributed by atoms with E-state index >= 15 is 0 Å². The number of aryl methyl sites for hydroxylation is 4. The van der Waals surface area contributed by atoms with Crippen molar-refractivity contribution in [3.8, 4) is 0 Å². The van der Waals surface area contributed by atoms with Gasteiger partial charge in [-0.15, -0.1) is 0 Å². The van der Waals surface area contributed by atoms with Crippen molar-refractivity contribution >= 4 is 0 Å². The Balaban J connectivity index is 0.000000171. The summed E-state index contributed by atoms with van der Waals surface area (Å²) < 4.78 is 8.80. The largest absolute Gasteiger partial charge is 0.253 e. The quantitative estimate of drug-likeness (QED) is 0.460. The van der Waals surface area contributed by atoms with Crippen LogP contribution in [0.1, 0.15) is 33.9 Å². The van der Waals surface area contributed by atoms with Crippen molar-refractivity contribution < 1.29 is 9.13 Å². The minimum Gasteiger partial charge on any atom is -0.237 e. The highest BCUT2D eigenvalue weighted by atomic mass is 15.1. The van der Waals surface area contributed by atoms with Crippen molar-refractivity contribution in [3.63, 3.8) is 0 Å². The van der Waals surface area contributed by atoms with Crippen molar-refractivity contribution in [1.82, 2.24) is 9.13 Å². The lowest BCUT2D eigenvalue weighted by molar-refractivity contribution is -0.677. The molecule has 0 aliphatic carbocycles. The van der Waals surface area contributed by atoms with Gasteiger partial charge in [0.2, 0.25) is 0 Å². The predicted molar refractivity (Wildman–Crippen MR) is 121 cm³/mol. The second-order valence-corrected chi connectivity index (χ2v) is 8.08. The molecule has 0 fully saturated rings. The topological polar surface area (TPSA) is 17.6 Å². The average Bonchev–Trinajstić information content (AvgIpc) is 3.21. The summed E-state index contributed by atoms with van der Waals surface area (Å²) in [5.41, 5.74) is 5.42. The zero-order valence-corrected chi connectivity index (χ0v) is 19.1. The Morgan fingerprint density at radius 2 is 1.30 bits per heavy atom. The Labute approximate surface area is 180 Å². The van der Waals surface area contributed by atoms with Crippen LogP contribution in [0.15, 0.2) is 73.3 Å². The summed E-state index contributed by atoms with van der Waals surface area (Å²) in [5, 5.41) is 0. The first-order valence-electron chi connectivity index (χ1n) is 10.5. The van der Waals surface area contributed by atoms with Gasteiger partial charge in [-0.05, 0) is 30.5 Å². The Morgan fingerprint density at radius 3 is 1.83 bits per heavy atom. The maximum atomic E-state index is 2.27. The van der Waals surface area contributed by atoms with Gasteiger partial charge in [-0.1, -0.05) is 54.1 Å². The number of imidazole rings is 2. The first kappa shape index (κ1) is 21.6. The summed E-state index contributed by atoms with van der Waals surface area (Å²) >= 11 is 0. The predicted octanol–water partition coefficient (Wildman–Crippen LogP) is 3.96. The van der Waals surface area contributed by atoms with Crippen molar-refractivity contribution in [3.05, 3.63) is 107 Å². The molecule has 4 nitrogen and oxygen atoms in total. The lowest BCUT2D eigenvalue weighted by Gasteiger charge is -2.03. The third kappa shape index (κ3) is 5.26. The van der Waals surface area contributed by atoms with E-state index in [4.69, 9.17) is 0 Å². The summed E-state index contributed by atoms with van der Waals surface area (Å²) in [6.07, 6.45) is 8.43. The molecule has 0 unspecified atom stereocenters. The molecule has 4 aromatic rings. The number of aromatic nitrogens is 4. The van der Waals surface area contributed by atoms with E-state index in [1.54, 1.807) is 0 Å². The van der Waals surface area contributed by atoms with Crippen LogP contribution >= 0.6 is 0 Å². The molecule has 2 aromatic carbocycles. The van der Waals surface area contributed by atoms with Gasteiger partial charge in [0, 0.05) is 13.8 Å². The van der Waals surface area contributed by atoms with E-state index in [0.29, 0.717) is 0 Å². The van der Waals surface area contributed by atoms with Gasteiger partial charge in [-0.2, -0.15) is 0 Å². The SMILES string of the molecule is Cc1cccc(Cn2cc[n+](C)c2C)c1.Cc1ccccc1Cn1cc[n+](C)c1C. The molecule has 0 radical (unpaired) electrons. The average molecular weight is 403 g/mol. The van der Waals surface area contributed by atoms with Crippen molar-refractivity contribution in [1.29, 1.82) is 0 Å². The summed E-state index contributed by atoms with van der Waals surface area (Å²) in [6, 6.07) is 17.2. The highest BCUT2D eigenvalue weighted by Gasteiger charge is 2.10. The van der Waals surface area contributed by atoms with E-state index in [1.165, 1.54) is 33.9 Å². The molecule has 156 valence electrons. The molecule has 2 aromatic heterocycles. The standard InChI is InChI=1S/2C13H17N2/c1-11-5-4-6-13(9-11)10-15-8-7-14(3)12(15)2;1-11-6-4-5-7-13(11)10-15-9-8-14(3)12(15)2/h2*4-9H,10H2,1-3H3/q2*+1. The van der Waals surface area contributed by atoms with Crippen LogP contribution < -0.4 is 9.13 Å². The molecule has 0 bridgehead atoms. The van der Waals surface area contributed by atoms with Crippen LogP contribution in [0.3, 0.4) is 0 Å². The van der Waals surface area contributed by atoms with Gasteiger partial charge in [0.1, 0.15) is 37.9 Å². The lowest BCUT2D eigenvalue weighted by Crippen LogP contribution is -2.29. The van der Waals surface area contributed by atoms with Crippen LogP contribution in [0, 0.1) is 27.7 Å². The maximum absolute atomic E-state index is 2.27. The Kier molecular flexibility index (Phi) is 6.88. The van der Waals surface area contributed by atoms with E-state index in [0.717, 1.165) is 13.1 Å². The van der Waals surface area contributed by atoms with Crippen LogP contribution in [-0.2, 0) is 27.2 Å². The molecule has 0 saturated carbocycles. The normalized spacial score (nSPS) is 10.6. The van der Waals surface area contributed by atoms with E-state index in [9.17, 15) is 0 Å².